The minimum absolute atomic E-state index is 0.191. The Bertz CT molecular complexity index is 863. The Hall–Kier alpha value is -2.57. The lowest BCUT2D eigenvalue weighted by molar-refractivity contribution is -0.121. The van der Waals surface area contributed by atoms with Crippen molar-refractivity contribution in [3.05, 3.63) is 58.6 Å². The number of carbonyl (C=O) groups is 2. The van der Waals surface area contributed by atoms with Crippen molar-refractivity contribution in [3.63, 3.8) is 0 Å². The summed E-state index contributed by atoms with van der Waals surface area (Å²) in [6.45, 7) is 7.14. The Morgan fingerprint density at radius 2 is 1.71 bits per heavy atom. The Labute approximate surface area is 170 Å². The number of carbonyl (C=O) groups excluding carboxylic acids is 2. The fourth-order valence-corrected chi connectivity index (χ4v) is 3.52. The predicted molar refractivity (Wildman–Crippen MR) is 113 cm³/mol. The molecule has 0 unspecified atom stereocenters. The number of rotatable bonds is 4. The highest BCUT2D eigenvalue weighted by Crippen LogP contribution is 2.26. The normalized spacial score (nSPS) is 14.6. The molecule has 1 fully saturated rings. The number of piperazine rings is 1. The molecule has 28 heavy (non-hydrogen) atoms. The molecule has 3 rings (SSSR count). The summed E-state index contributed by atoms with van der Waals surface area (Å²) in [4.78, 5) is 28.6. The summed E-state index contributed by atoms with van der Waals surface area (Å²) in [5.41, 5.74) is 3.79. The molecule has 2 N–H and O–H groups in total. The van der Waals surface area contributed by atoms with Crippen LogP contribution < -0.4 is 15.5 Å². The van der Waals surface area contributed by atoms with Gasteiger partial charge in [0, 0.05) is 31.9 Å². The van der Waals surface area contributed by atoms with Crippen LogP contribution in [-0.2, 0) is 4.79 Å². The molecule has 1 aliphatic rings. The van der Waals surface area contributed by atoms with Crippen LogP contribution in [0.25, 0.3) is 0 Å². The highest BCUT2D eigenvalue weighted by molar-refractivity contribution is 6.33. The van der Waals surface area contributed by atoms with Crippen molar-refractivity contribution in [3.8, 4) is 0 Å². The number of nitrogens with one attached hydrogen (secondary N) is 2. The summed E-state index contributed by atoms with van der Waals surface area (Å²) in [7, 11) is 0. The molecule has 1 saturated heterocycles. The Morgan fingerprint density at radius 1 is 1.00 bits per heavy atom. The third kappa shape index (κ3) is 5.03. The number of halogens is 1. The van der Waals surface area contributed by atoms with Crippen LogP contribution in [0.15, 0.2) is 42.5 Å². The average molecular weight is 401 g/mol. The molecular weight excluding hydrogens is 376 g/mol. The Kier molecular flexibility index (Phi) is 6.54. The number of amides is 3. The first-order valence-electron chi connectivity index (χ1n) is 9.33. The van der Waals surface area contributed by atoms with Crippen LogP contribution in [-0.4, -0.2) is 49.6 Å². The van der Waals surface area contributed by atoms with E-state index in [2.05, 4.69) is 15.5 Å². The molecule has 0 bridgehead atoms. The second-order valence-corrected chi connectivity index (χ2v) is 7.37. The van der Waals surface area contributed by atoms with Gasteiger partial charge in [0.25, 0.3) is 0 Å². The van der Waals surface area contributed by atoms with Crippen molar-refractivity contribution in [2.24, 2.45) is 0 Å². The van der Waals surface area contributed by atoms with Gasteiger partial charge in [-0.15, -0.1) is 0 Å². The highest BCUT2D eigenvalue weighted by atomic mass is 35.5. The Balaban J connectivity index is 1.46. The van der Waals surface area contributed by atoms with E-state index < -0.39 is 6.03 Å². The van der Waals surface area contributed by atoms with E-state index in [4.69, 9.17) is 11.6 Å². The second-order valence-electron chi connectivity index (χ2n) is 6.96. The van der Waals surface area contributed by atoms with Gasteiger partial charge in [0.15, 0.2) is 0 Å². The van der Waals surface area contributed by atoms with E-state index in [9.17, 15) is 9.59 Å². The van der Waals surface area contributed by atoms with Crippen molar-refractivity contribution in [2.75, 3.05) is 42.9 Å². The number of para-hydroxylation sites is 1. The van der Waals surface area contributed by atoms with Crippen LogP contribution in [0.5, 0.6) is 0 Å². The van der Waals surface area contributed by atoms with E-state index in [-0.39, 0.29) is 12.5 Å². The summed E-state index contributed by atoms with van der Waals surface area (Å²) < 4.78 is 0. The van der Waals surface area contributed by atoms with Crippen molar-refractivity contribution in [2.45, 2.75) is 13.8 Å². The lowest BCUT2D eigenvalue weighted by atomic mass is 10.1. The Morgan fingerprint density at radius 3 is 2.43 bits per heavy atom. The minimum Gasteiger partial charge on any atom is -0.368 e. The monoisotopic (exact) mass is 400 g/mol. The van der Waals surface area contributed by atoms with Crippen LogP contribution in [0.3, 0.4) is 0 Å². The summed E-state index contributed by atoms with van der Waals surface area (Å²) in [5, 5.41) is 5.88. The number of benzene rings is 2. The maximum absolute atomic E-state index is 12.2. The third-order valence-electron chi connectivity index (χ3n) is 5.04. The minimum atomic E-state index is -0.506. The average Bonchev–Trinajstić information content (AvgIpc) is 2.66. The molecule has 0 saturated carbocycles. The fourth-order valence-electron chi connectivity index (χ4n) is 3.26. The summed E-state index contributed by atoms with van der Waals surface area (Å²) in [6.07, 6.45) is 0. The highest BCUT2D eigenvalue weighted by Gasteiger charge is 2.21. The van der Waals surface area contributed by atoms with Crippen LogP contribution in [0.4, 0.5) is 16.2 Å². The van der Waals surface area contributed by atoms with Crippen molar-refractivity contribution < 1.29 is 9.59 Å². The van der Waals surface area contributed by atoms with Crippen molar-refractivity contribution in [1.29, 1.82) is 0 Å². The zero-order valence-corrected chi connectivity index (χ0v) is 16.9. The van der Waals surface area contributed by atoms with E-state index in [0.29, 0.717) is 5.69 Å². The van der Waals surface area contributed by atoms with Gasteiger partial charge in [-0.2, -0.15) is 0 Å². The van der Waals surface area contributed by atoms with Crippen molar-refractivity contribution in [1.82, 2.24) is 10.2 Å². The molecule has 0 aromatic heterocycles. The van der Waals surface area contributed by atoms with Gasteiger partial charge in [-0.1, -0.05) is 35.9 Å². The quantitative estimate of drug-likeness (QED) is 0.825. The maximum atomic E-state index is 12.2. The molecule has 2 aromatic carbocycles. The summed E-state index contributed by atoms with van der Waals surface area (Å²) in [6, 6.07) is 12.9. The van der Waals surface area contributed by atoms with Gasteiger partial charge in [0.2, 0.25) is 5.91 Å². The number of hydrogen-bond donors (Lipinski definition) is 2. The van der Waals surface area contributed by atoms with Gasteiger partial charge in [-0.3, -0.25) is 15.0 Å². The topological polar surface area (TPSA) is 64.7 Å². The van der Waals surface area contributed by atoms with Gasteiger partial charge in [-0.25, -0.2) is 4.79 Å². The van der Waals surface area contributed by atoms with Gasteiger partial charge in [0.05, 0.1) is 17.3 Å². The molecule has 3 amide bonds. The largest absolute Gasteiger partial charge is 0.368 e. The van der Waals surface area contributed by atoms with Crippen LogP contribution in [0.1, 0.15) is 11.1 Å². The number of imide groups is 1. The standard InChI is InChI=1S/C21H25ClN4O2/c1-15-6-5-8-18(16(15)2)23-21(28)24-20(27)14-25-10-12-26(13-11-25)19-9-4-3-7-17(19)22/h3-9H,10-14H2,1-2H3,(H2,23,24,27,28). The summed E-state index contributed by atoms with van der Waals surface area (Å²) >= 11 is 6.26. The molecule has 0 aliphatic carbocycles. The first-order valence-corrected chi connectivity index (χ1v) is 9.70. The van der Waals surface area contributed by atoms with Gasteiger partial charge in [0.1, 0.15) is 0 Å². The molecule has 0 atom stereocenters. The van der Waals surface area contributed by atoms with E-state index >= 15 is 0 Å². The van der Waals surface area contributed by atoms with E-state index in [0.717, 1.165) is 48.0 Å². The molecular formula is C21H25ClN4O2. The van der Waals surface area contributed by atoms with Gasteiger partial charge < -0.3 is 10.2 Å². The van der Waals surface area contributed by atoms with Gasteiger partial charge in [-0.05, 0) is 43.2 Å². The van der Waals surface area contributed by atoms with E-state index in [1.165, 1.54) is 0 Å². The zero-order valence-electron chi connectivity index (χ0n) is 16.2. The molecule has 1 heterocycles. The van der Waals surface area contributed by atoms with Crippen LogP contribution in [0, 0.1) is 13.8 Å². The number of anilines is 2. The number of aryl methyl sites for hydroxylation is 1. The fraction of sp³-hybridized carbons (Fsp3) is 0.333. The smallest absolute Gasteiger partial charge is 0.325 e. The van der Waals surface area contributed by atoms with Crippen molar-refractivity contribution >= 4 is 34.9 Å². The molecule has 7 heteroatoms. The van der Waals surface area contributed by atoms with E-state index in [1.807, 2.05) is 61.2 Å². The number of urea groups is 1. The predicted octanol–water partition coefficient (Wildman–Crippen LogP) is 3.43. The molecule has 0 spiro atoms. The third-order valence-corrected chi connectivity index (χ3v) is 5.36. The lowest BCUT2D eigenvalue weighted by Gasteiger charge is -2.36. The lowest BCUT2D eigenvalue weighted by Crippen LogP contribution is -2.50. The van der Waals surface area contributed by atoms with Crippen LogP contribution in [0.2, 0.25) is 5.02 Å². The second kappa shape index (κ2) is 9.08. The first kappa shape index (κ1) is 20.2. The van der Waals surface area contributed by atoms with Gasteiger partial charge >= 0.3 is 6.03 Å². The zero-order chi connectivity index (χ0) is 20.1. The SMILES string of the molecule is Cc1cccc(NC(=O)NC(=O)CN2CCN(c3ccccc3Cl)CC2)c1C. The van der Waals surface area contributed by atoms with E-state index in [1.54, 1.807) is 0 Å². The number of nitrogens with zero attached hydrogens (tertiary/aromatic N) is 2. The first-order chi connectivity index (χ1) is 13.4. The maximum Gasteiger partial charge on any atom is 0.325 e. The number of hydrogen-bond acceptors (Lipinski definition) is 4. The molecule has 6 nitrogen and oxygen atoms in total. The molecule has 2 aromatic rings. The molecule has 1 aliphatic heterocycles. The molecule has 0 radical (unpaired) electrons. The van der Waals surface area contributed by atoms with Crippen LogP contribution >= 0.6 is 11.6 Å². The molecule has 148 valence electrons. The summed E-state index contributed by atoms with van der Waals surface area (Å²) in [5.74, 6) is -0.311.